The maximum atomic E-state index is 11.8. The highest BCUT2D eigenvalue weighted by Gasteiger charge is 2.36. The predicted octanol–water partition coefficient (Wildman–Crippen LogP) is 6.12. The van der Waals surface area contributed by atoms with Crippen LogP contribution in [-0.4, -0.2) is 30.6 Å². The molecule has 0 unspecified atom stereocenters. The molecule has 1 saturated carbocycles. The summed E-state index contributed by atoms with van der Waals surface area (Å²) >= 11 is 0. The summed E-state index contributed by atoms with van der Waals surface area (Å²) in [5.74, 6) is 0.840. The number of hydrogen-bond donors (Lipinski definition) is 1. The summed E-state index contributed by atoms with van der Waals surface area (Å²) in [6.45, 7) is 5.47. The van der Waals surface area contributed by atoms with Gasteiger partial charge in [0.2, 0.25) is 0 Å². The Labute approximate surface area is 175 Å². The summed E-state index contributed by atoms with van der Waals surface area (Å²) in [5.41, 5.74) is 0.0281. The van der Waals surface area contributed by atoms with E-state index in [1.165, 1.54) is 12.8 Å². The fourth-order valence-electron chi connectivity index (χ4n) is 3.73. The maximum absolute atomic E-state index is 11.8. The van der Waals surface area contributed by atoms with Crippen molar-refractivity contribution in [3.8, 4) is 5.75 Å². The first-order valence-corrected chi connectivity index (χ1v) is 11.4. The number of hydrogen-bond acceptors (Lipinski definition) is 5. The van der Waals surface area contributed by atoms with E-state index in [4.69, 9.17) is 14.2 Å². The molecule has 5 nitrogen and oxygen atoms in total. The molecule has 0 bridgehead atoms. The molecule has 1 fully saturated rings. The van der Waals surface area contributed by atoms with Crippen LogP contribution >= 0.6 is 0 Å². The van der Waals surface area contributed by atoms with E-state index in [2.05, 4.69) is 13.8 Å². The maximum Gasteiger partial charge on any atom is 0.508 e. The smallest absolute Gasteiger partial charge is 0.494 e. The first kappa shape index (κ1) is 23.5. The quantitative estimate of drug-likeness (QED) is 0.335. The Morgan fingerprint density at radius 1 is 0.966 bits per heavy atom. The van der Waals surface area contributed by atoms with E-state index >= 15 is 0 Å². The van der Waals surface area contributed by atoms with Crippen molar-refractivity contribution in [2.24, 2.45) is 0 Å². The summed E-state index contributed by atoms with van der Waals surface area (Å²) in [5, 5.41) is 11.0. The first-order chi connectivity index (χ1) is 14.1. The van der Waals surface area contributed by atoms with Gasteiger partial charge in [-0.25, -0.2) is 4.79 Å². The Balaban J connectivity index is 1.72. The standard InChI is InChI=1S/C24H38O5/c1-3-5-7-9-19-28-23(25)29-22-14-16-24(26,17-15-22)20-10-12-21(13-11-20)27-18-8-6-4-2/h10-13,22,26H,3-9,14-19H2,1-2H3. The molecule has 0 heterocycles. The van der Waals surface area contributed by atoms with Gasteiger partial charge in [0, 0.05) is 0 Å². The molecule has 1 aliphatic rings. The van der Waals surface area contributed by atoms with Crippen LogP contribution in [0.2, 0.25) is 0 Å². The van der Waals surface area contributed by atoms with Crippen molar-refractivity contribution < 1.29 is 24.1 Å². The van der Waals surface area contributed by atoms with E-state index in [-0.39, 0.29) is 6.10 Å². The summed E-state index contributed by atoms with van der Waals surface area (Å²) in [6, 6.07) is 7.75. The SMILES string of the molecule is CCCCCCOC(=O)OC1CCC(O)(c2ccc(OCCCCC)cc2)CC1. The molecule has 2 rings (SSSR count). The van der Waals surface area contributed by atoms with Crippen molar-refractivity contribution in [3.63, 3.8) is 0 Å². The van der Waals surface area contributed by atoms with Crippen LogP contribution in [0.5, 0.6) is 5.75 Å². The van der Waals surface area contributed by atoms with E-state index in [1.54, 1.807) is 0 Å². The van der Waals surface area contributed by atoms with Crippen LogP contribution in [0.25, 0.3) is 0 Å². The van der Waals surface area contributed by atoms with Crippen LogP contribution in [0.1, 0.15) is 90.0 Å². The minimum atomic E-state index is -0.870. The second kappa shape index (κ2) is 12.7. The van der Waals surface area contributed by atoms with E-state index in [1.807, 2.05) is 24.3 Å². The lowest BCUT2D eigenvalue weighted by Gasteiger charge is -2.36. The third kappa shape index (κ3) is 8.25. The molecule has 1 aromatic carbocycles. The molecule has 1 N–H and O–H groups in total. The van der Waals surface area contributed by atoms with Gasteiger partial charge in [0.1, 0.15) is 11.9 Å². The highest BCUT2D eigenvalue weighted by molar-refractivity contribution is 5.60. The normalized spacial score (nSPS) is 21.6. The molecule has 0 amide bonds. The van der Waals surface area contributed by atoms with Crippen molar-refractivity contribution >= 4 is 6.16 Å². The van der Waals surface area contributed by atoms with E-state index in [0.29, 0.717) is 32.3 Å². The van der Waals surface area contributed by atoms with Gasteiger partial charge >= 0.3 is 6.16 Å². The topological polar surface area (TPSA) is 65.0 Å². The van der Waals surface area contributed by atoms with Crippen LogP contribution in [0, 0.1) is 0 Å². The van der Waals surface area contributed by atoms with E-state index < -0.39 is 11.8 Å². The predicted molar refractivity (Wildman–Crippen MR) is 114 cm³/mol. The molecule has 0 spiro atoms. The second-order valence-corrected chi connectivity index (χ2v) is 8.09. The average Bonchev–Trinajstić information content (AvgIpc) is 2.73. The van der Waals surface area contributed by atoms with Gasteiger partial charge in [0.15, 0.2) is 0 Å². The van der Waals surface area contributed by atoms with E-state index in [9.17, 15) is 9.90 Å². The van der Waals surface area contributed by atoms with Crippen LogP contribution in [0.4, 0.5) is 4.79 Å². The minimum absolute atomic E-state index is 0.181. The summed E-state index contributed by atoms with van der Waals surface area (Å²) in [6.07, 6.45) is 9.32. The van der Waals surface area contributed by atoms with Crippen molar-refractivity contribution in [3.05, 3.63) is 29.8 Å². The Bertz CT molecular complexity index is 575. The number of ether oxygens (including phenoxy) is 3. The molecule has 164 valence electrons. The molecule has 0 saturated heterocycles. The van der Waals surface area contributed by atoms with Gasteiger partial charge in [-0.2, -0.15) is 0 Å². The molecule has 0 aromatic heterocycles. The van der Waals surface area contributed by atoms with Gasteiger partial charge in [-0.1, -0.05) is 58.1 Å². The molecule has 1 aliphatic carbocycles. The molecule has 29 heavy (non-hydrogen) atoms. The average molecular weight is 407 g/mol. The lowest BCUT2D eigenvalue weighted by molar-refractivity contribution is -0.0538. The van der Waals surface area contributed by atoms with Crippen LogP contribution in [-0.2, 0) is 15.1 Å². The van der Waals surface area contributed by atoms with Crippen molar-refractivity contribution in [2.45, 2.75) is 96.2 Å². The monoisotopic (exact) mass is 406 g/mol. The molecule has 1 aromatic rings. The molecular formula is C24H38O5. The fraction of sp³-hybridized carbons (Fsp3) is 0.708. The number of benzene rings is 1. The van der Waals surface area contributed by atoms with E-state index in [0.717, 1.165) is 50.0 Å². The lowest BCUT2D eigenvalue weighted by atomic mass is 9.78. The van der Waals surface area contributed by atoms with Gasteiger partial charge in [0.05, 0.1) is 18.8 Å². The largest absolute Gasteiger partial charge is 0.508 e. The minimum Gasteiger partial charge on any atom is -0.494 e. The van der Waals surface area contributed by atoms with Crippen molar-refractivity contribution in [1.82, 2.24) is 0 Å². The van der Waals surface area contributed by atoms with Crippen molar-refractivity contribution in [1.29, 1.82) is 0 Å². The Kier molecular flexibility index (Phi) is 10.3. The summed E-state index contributed by atoms with van der Waals surface area (Å²) < 4.78 is 16.3. The number of rotatable bonds is 12. The van der Waals surface area contributed by atoms with Crippen LogP contribution < -0.4 is 4.74 Å². The summed E-state index contributed by atoms with van der Waals surface area (Å²) in [7, 11) is 0. The highest BCUT2D eigenvalue weighted by atomic mass is 16.7. The molecule has 0 atom stereocenters. The van der Waals surface area contributed by atoms with Gasteiger partial charge in [-0.05, 0) is 56.2 Å². The first-order valence-electron chi connectivity index (χ1n) is 11.4. The number of carbonyl (C=O) groups excluding carboxylic acids is 1. The third-order valence-corrected chi connectivity index (χ3v) is 5.65. The van der Waals surface area contributed by atoms with Gasteiger partial charge < -0.3 is 19.3 Å². The zero-order chi connectivity index (χ0) is 21.0. The molecule has 0 radical (unpaired) electrons. The molecular weight excluding hydrogens is 368 g/mol. The Morgan fingerprint density at radius 3 is 2.24 bits per heavy atom. The fourth-order valence-corrected chi connectivity index (χ4v) is 3.73. The highest BCUT2D eigenvalue weighted by Crippen LogP contribution is 2.38. The molecule has 0 aliphatic heterocycles. The number of carbonyl (C=O) groups is 1. The zero-order valence-electron chi connectivity index (χ0n) is 18.2. The van der Waals surface area contributed by atoms with Gasteiger partial charge in [-0.15, -0.1) is 0 Å². The number of aliphatic hydroxyl groups is 1. The van der Waals surface area contributed by atoms with Crippen molar-refractivity contribution in [2.75, 3.05) is 13.2 Å². The third-order valence-electron chi connectivity index (χ3n) is 5.65. The second-order valence-electron chi connectivity index (χ2n) is 8.09. The van der Waals surface area contributed by atoms with Crippen LogP contribution in [0.15, 0.2) is 24.3 Å². The Hall–Kier alpha value is -1.75. The van der Waals surface area contributed by atoms with Gasteiger partial charge in [-0.3, -0.25) is 0 Å². The Morgan fingerprint density at radius 2 is 1.59 bits per heavy atom. The summed E-state index contributed by atoms with van der Waals surface area (Å²) in [4.78, 5) is 11.8. The lowest BCUT2D eigenvalue weighted by Crippen LogP contribution is -2.35. The zero-order valence-corrected chi connectivity index (χ0v) is 18.2. The van der Waals surface area contributed by atoms with Gasteiger partial charge in [0.25, 0.3) is 0 Å². The number of unbranched alkanes of at least 4 members (excludes halogenated alkanes) is 5. The van der Waals surface area contributed by atoms with Crippen LogP contribution in [0.3, 0.4) is 0 Å². The molecule has 5 heteroatoms.